The maximum atomic E-state index is 13.3. The van der Waals surface area contributed by atoms with Gasteiger partial charge in [-0.15, -0.1) is 0 Å². The number of hydrogen-bond donors (Lipinski definition) is 0. The van der Waals surface area contributed by atoms with Crippen LogP contribution in [0.3, 0.4) is 0 Å². The Balaban J connectivity index is 1.56. The predicted molar refractivity (Wildman–Crippen MR) is 117 cm³/mol. The van der Waals surface area contributed by atoms with E-state index in [0.29, 0.717) is 69.6 Å². The Kier molecular flexibility index (Phi) is 6.57. The number of benzene rings is 1. The highest BCUT2D eigenvalue weighted by atomic mass is 16.5. The lowest BCUT2D eigenvalue weighted by molar-refractivity contribution is -0.137. The largest absolute Gasteiger partial charge is 0.382 e. The SMILES string of the molecule is CCOCCCN1C(=O)C(c2ccccc2)=C(N2CCN(c3ncccn3)CC2)C1=O. The van der Waals surface area contributed by atoms with Crippen molar-refractivity contribution in [1.82, 2.24) is 19.8 Å². The van der Waals surface area contributed by atoms with Gasteiger partial charge in [0.05, 0.1) is 5.57 Å². The fourth-order valence-corrected chi connectivity index (χ4v) is 3.98. The molecule has 0 bridgehead atoms. The summed E-state index contributed by atoms with van der Waals surface area (Å²) in [5, 5.41) is 0. The van der Waals surface area contributed by atoms with Crippen molar-refractivity contribution >= 4 is 23.3 Å². The standard InChI is InChI=1S/C23H27N5O3/c1-2-31-17-7-12-28-21(29)19(18-8-4-3-5-9-18)20(22(28)30)26-13-15-27(16-14-26)23-24-10-6-11-25-23/h3-6,8-11H,2,7,12-17H2,1H3. The Morgan fingerprint density at radius 1 is 0.903 bits per heavy atom. The van der Waals surface area contributed by atoms with Crippen LogP contribution in [0.4, 0.5) is 5.95 Å². The molecule has 162 valence electrons. The fourth-order valence-electron chi connectivity index (χ4n) is 3.98. The second-order valence-electron chi connectivity index (χ2n) is 7.42. The maximum Gasteiger partial charge on any atom is 0.277 e. The van der Waals surface area contributed by atoms with E-state index in [1.54, 1.807) is 18.5 Å². The molecule has 0 unspecified atom stereocenters. The summed E-state index contributed by atoms with van der Waals surface area (Å²) in [6.07, 6.45) is 4.08. The minimum Gasteiger partial charge on any atom is -0.382 e. The van der Waals surface area contributed by atoms with E-state index in [1.165, 1.54) is 4.90 Å². The number of ether oxygens (including phenoxy) is 1. The van der Waals surface area contributed by atoms with Crippen LogP contribution in [0.15, 0.2) is 54.5 Å². The molecule has 4 rings (SSSR count). The van der Waals surface area contributed by atoms with E-state index >= 15 is 0 Å². The summed E-state index contributed by atoms with van der Waals surface area (Å²) in [7, 11) is 0. The Morgan fingerprint density at radius 2 is 1.58 bits per heavy atom. The predicted octanol–water partition coefficient (Wildman–Crippen LogP) is 1.81. The first kappa shape index (κ1) is 21.0. The van der Waals surface area contributed by atoms with Gasteiger partial charge in [0, 0.05) is 58.3 Å². The van der Waals surface area contributed by atoms with E-state index in [2.05, 4.69) is 14.9 Å². The molecule has 2 aromatic rings. The van der Waals surface area contributed by atoms with Crippen LogP contribution in [0.1, 0.15) is 18.9 Å². The molecule has 3 heterocycles. The van der Waals surface area contributed by atoms with Crippen LogP contribution in [0.5, 0.6) is 0 Å². The number of rotatable bonds is 8. The average Bonchev–Trinajstić information content (AvgIpc) is 3.07. The van der Waals surface area contributed by atoms with Gasteiger partial charge in [-0.25, -0.2) is 9.97 Å². The third-order valence-corrected chi connectivity index (χ3v) is 5.51. The second-order valence-corrected chi connectivity index (χ2v) is 7.42. The van der Waals surface area contributed by atoms with Crippen LogP contribution in [0.25, 0.3) is 5.57 Å². The number of piperazine rings is 1. The molecule has 8 heteroatoms. The van der Waals surface area contributed by atoms with Crippen molar-refractivity contribution < 1.29 is 14.3 Å². The van der Waals surface area contributed by atoms with Gasteiger partial charge in [0.2, 0.25) is 5.95 Å². The Morgan fingerprint density at radius 3 is 2.26 bits per heavy atom. The lowest BCUT2D eigenvalue weighted by Crippen LogP contribution is -2.48. The molecule has 1 saturated heterocycles. The van der Waals surface area contributed by atoms with Gasteiger partial charge >= 0.3 is 0 Å². The van der Waals surface area contributed by atoms with Crippen molar-refractivity contribution in [1.29, 1.82) is 0 Å². The summed E-state index contributed by atoms with van der Waals surface area (Å²) in [4.78, 5) is 40.7. The first-order valence-electron chi connectivity index (χ1n) is 10.7. The molecule has 0 N–H and O–H groups in total. The maximum absolute atomic E-state index is 13.3. The molecular formula is C23H27N5O3. The van der Waals surface area contributed by atoms with Crippen molar-refractivity contribution in [2.45, 2.75) is 13.3 Å². The first-order valence-corrected chi connectivity index (χ1v) is 10.7. The highest BCUT2D eigenvalue weighted by Crippen LogP contribution is 2.32. The normalized spacial score (nSPS) is 17.1. The van der Waals surface area contributed by atoms with Crippen molar-refractivity contribution in [3.8, 4) is 0 Å². The molecule has 0 radical (unpaired) electrons. The second kappa shape index (κ2) is 9.70. The number of nitrogens with zero attached hydrogens (tertiary/aromatic N) is 5. The molecular weight excluding hydrogens is 394 g/mol. The van der Waals surface area contributed by atoms with Crippen molar-refractivity contribution in [2.75, 3.05) is 50.8 Å². The van der Waals surface area contributed by atoms with Gasteiger partial charge in [0.15, 0.2) is 0 Å². The number of carbonyl (C=O) groups is 2. The lowest BCUT2D eigenvalue weighted by Gasteiger charge is -2.36. The van der Waals surface area contributed by atoms with E-state index in [1.807, 2.05) is 42.2 Å². The Labute approximate surface area is 182 Å². The van der Waals surface area contributed by atoms with Gasteiger partial charge in [0.25, 0.3) is 11.8 Å². The quantitative estimate of drug-likeness (QED) is 0.475. The lowest BCUT2D eigenvalue weighted by atomic mass is 10.0. The monoisotopic (exact) mass is 421 g/mol. The van der Waals surface area contributed by atoms with Crippen LogP contribution in [-0.2, 0) is 14.3 Å². The summed E-state index contributed by atoms with van der Waals surface area (Å²) >= 11 is 0. The molecule has 1 aromatic heterocycles. The zero-order chi connectivity index (χ0) is 21.6. The van der Waals surface area contributed by atoms with E-state index in [9.17, 15) is 9.59 Å². The molecule has 0 spiro atoms. The van der Waals surface area contributed by atoms with Crippen molar-refractivity contribution in [2.24, 2.45) is 0 Å². The van der Waals surface area contributed by atoms with Crippen molar-refractivity contribution in [3.05, 3.63) is 60.1 Å². The summed E-state index contributed by atoms with van der Waals surface area (Å²) < 4.78 is 5.38. The van der Waals surface area contributed by atoms with Gasteiger partial charge in [-0.2, -0.15) is 0 Å². The zero-order valence-corrected chi connectivity index (χ0v) is 17.7. The zero-order valence-electron chi connectivity index (χ0n) is 17.7. The molecule has 2 amide bonds. The number of carbonyl (C=O) groups excluding carboxylic acids is 2. The highest BCUT2D eigenvalue weighted by molar-refractivity contribution is 6.35. The van der Waals surface area contributed by atoms with E-state index < -0.39 is 0 Å². The van der Waals surface area contributed by atoms with Crippen LogP contribution >= 0.6 is 0 Å². The van der Waals surface area contributed by atoms with Crippen LogP contribution in [-0.4, -0.2) is 77.5 Å². The van der Waals surface area contributed by atoms with E-state index in [0.717, 1.165) is 5.56 Å². The number of hydrogen-bond acceptors (Lipinski definition) is 7. The van der Waals surface area contributed by atoms with Gasteiger partial charge in [-0.1, -0.05) is 30.3 Å². The summed E-state index contributed by atoms with van der Waals surface area (Å²) in [6, 6.07) is 11.2. The third-order valence-electron chi connectivity index (χ3n) is 5.51. The Bertz CT molecular complexity index is 940. The Hall–Kier alpha value is -3.26. The highest BCUT2D eigenvalue weighted by Gasteiger charge is 2.41. The van der Waals surface area contributed by atoms with Crippen LogP contribution in [0.2, 0.25) is 0 Å². The summed E-state index contributed by atoms with van der Waals surface area (Å²) in [5.41, 5.74) is 1.77. The number of anilines is 1. The summed E-state index contributed by atoms with van der Waals surface area (Å²) in [5.74, 6) is 0.243. The molecule has 8 nitrogen and oxygen atoms in total. The molecule has 0 saturated carbocycles. The van der Waals surface area contributed by atoms with Gasteiger partial charge in [-0.3, -0.25) is 14.5 Å². The van der Waals surface area contributed by atoms with Crippen LogP contribution in [0, 0.1) is 0 Å². The third kappa shape index (κ3) is 4.44. The molecule has 2 aliphatic rings. The number of aromatic nitrogens is 2. The van der Waals surface area contributed by atoms with Crippen molar-refractivity contribution in [3.63, 3.8) is 0 Å². The molecule has 1 aromatic carbocycles. The molecule has 2 aliphatic heterocycles. The van der Waals surface area contributed by atoms with Gasteiger partial charge < -0.3 is 14.5 Å². The van der Waals surface area contributed by atoms with Crippen LogP contribution < -0.4 is 4.90 Å². The molecule has 31 heavy (non-hydrogen) atoms. The minimum absolute atomic E-state index is 0.218. The molecule has 0 atom stereocenters. The number of imide groups is 1. The topological polar surface area (TPSA) is 78.9 Å². The van der Waals surface area contributed by atoms with E-state index in [4.69, 9.17) is 4.74 Å². The fraction of sp³-hybridized carbons (Fsp3) is 0.391. The smallest absolute Gasteiger partial charge is 0.277 e. The minimum atomic E-state index is -0.225. The van der Waals surface area contributed by atoms with Gasteiger partial charge in [0.1, 0.15) is 5.70 Å². The summed E-state index contributed by atoms with van der Waals surface area (Å²) in [6.45, 7) is 6.04. The average molecular weight is 422 g/mol. The van der Waals surface area contributed by atoms with Gasteiger partial charge in [-0.05, 0) is 25.0 Å². The molecule has 1 fully saturated rings. The van der Waals surface area contributed by atoms with E-state index in [-0.39, 0.29) is 11.8 Å². The first-order chi connectivity index (χ1) is 15.2. The molecule has 0 aliphatic carbocycles. The number of amides is 2.